The van der Waals surface area contributed by atoms with Crippen molar-refractivity contribution in [2.45, 2.75) is 25.7 Å². The number of hydrogen-bond donors (Lipinski definition) is 0. The topological polar surface area (TPSA) is 23.8 Å². The Kier molecular flexibility index (Phi) is 4.99. The predicted molar refractivity (Wildman–Crippen MR) is 53.2 cm³/mol. The third kappa shape index (κ3) is 3.99. The van der Waals surface area contributed by atoms with Crippen molar-refractivity contribution < 1.29 is 0 Å². The smallest absolute Gasteiger partial charge is 0.0625 e. The maximum atomic E-state index is 8.42. The van der Waals surface area contributed by atoms with Crippen LogP contribution in [-0.4, -0.2) is 18.1 Å². The fourth-order valence-electron chi connectivity index (χ4n) is 1.18. The zero-order valence-electron chi connectivity index (χ0n) is 6.75. The molecule has 1 fully saturated rings. The highest BCUT2D eigenvalue weighted by atomic mass is 32.7. The van der Waals surface area contributed by atoms with E-state index in [9.17, 15) is 0 Å². The Labute approximate surface area is 74.1 Å². The van der Waals surface area contributed by atoms with Crippen LogP contribution in [0.1, 0.15) is 25.7 Å². The Hall–Kier alpha value is 0.270. The molecule has 0 aromatic heterocycles. The molecule has 0 N–H and O–H groups in total. The molecule has 62 valence electrons. The molecule has 1 aliphatic heterocycles. The minimum Gasteiger partial charge on any atom is -0.198 e. The number of nitriles is 1. The van der Waals surface area contributed by atoms with Gasteiger partial charge >= 0.3 is 0 Å². The van der Waals surface area contributed by atoms with E-state index in [1.807, 2.05) is 0 Å². The normalized spacial score (nSPS) is 25.5. The molecule has 1 unspecified atom stereocenters. The molecule has 1 rings (SSSR count). The van der Waals surface area contributed by atoms with Gasteiger partial charge in [-0.3, -0.25) is 0 Å². The van der Waals surface area contributed by atoms with Crippen molar-refractivity contribution in [1.29, 1.82) is 5.26 Å². The molecule has 0 bridgehead atoms. The van der Waals surface area contributed by atoms with E-state index >= 15 is 0 Å². The molecule has 1 saturated heterocycles. The van der Waals surface area contributed by atoms with Gasteiger partial charge in [0.15, 0.2) is 0 Å². The van der Waals surface area contributed by atoms with Crippen LogP contribution < -0.4 is 0 Å². The van der Waals surface area contributed by atoms with E-state index in [-0.39, 0.29) is 7.12 Å². The Morgan fingerprint density at radius 3 is 3.09 bits per heavy atom. The zero-order valence-corrected chi connectivity index (χ0v) is 8.46. The molecule has 0 aliphatic carbocycles. The Balaban J connectivity index is 2.15. The van der Waals surface area contributed by atoms with Crippen LogP contribution in [-0.2, 0) is 0 Å². The van der Waals surface area contributed by atoms with Gasteiger partial charge in [0, 0.05) is 6.42 Å². The first-order chi connectivity index (χ1) is 5.43. The molecule has 0 radical (unpaired) electrons. The number of hydrogen-bond acceptors (Lipinski definition) is 2. The summed E-state index contributed by atoms with van der Waals surface area (Å²) in [7, 11) is 0.190. The maximum absolute atomic E-state index is 8.42. The van der Waals surface area contributed by atoms with Gasteiger partial charge in [-0.2, -0.15) is 5.26 Å². The summed E-state index contributed by atoms with van der Waals surface area (Å²) in [6.07, 6.45) is 7.58. The van der Waals surface area contributed by atoms with Gasteiger partial charge in [-0.1, -0.05) is 6.42 Å². The first-order valence-corrected chi connectivity index (χ1v) is 7.48. The first kappa shape index (κ1) is 9.36. The summed E-state index contributed by atoms with van der Waals surface area (Å²) in [4.78, 5) is 0. The summed E-state index contributed by atoms with van der Waals surface area (Å²) in [6.45, 7) is 0. The molecule has 1 nitrogen and oxygen atoms in total. The fraction of sp³-hybridized carbons (Fsp3) is 0.875. The van der Waals surface area contributed by atoms with Crippen LogP contribution in [0.4, 0.5) is 0 Å². The minimum atomic E-state index is 0.190. The number of nitrogens with zero attached hydrogens (tertiary/aromatic N) is 1. The lowest BCUT2D eigenvalue weighted by Gasteiger charge is -2.10. The second kappa shape index (κ2) is 5.86. The van der Waals surface area contributed by atoms with Crippen LogP contribution in [0, 0.1) is 11.3 Å². The van der Waals surface area contributed by atoms with E-state index in [0.717, 1.165) is 6.42 Å². The number of rotatable bonds is 2. The summed E-state index contributed by atoms with van der Waals surface area (Å²) < 4.78 is 0. The summed E-state index contributed by atoms with van der Waals surface area (Å²) in [5, 5.41) is 8.42. The Bertz CT molecular complexity index is 136. The SMILES string of the molecule is N#CCCP1CCCCCS1. The third-order valence-corrected chi connectivity index (χ3v) is 6.91. The van der Waals surface area contributed by atoms with Crippen molar-refractivity contribution in [1.82, 2.24) is 0 Å². The van der Waals surface area contributed by atoms with Gasteiger partial charge in [0.25, 0.3) is 0 Å². The molecule has 0 amide bonds. The molecule has 0 spiro atoms. The highest BCUT2D eigenvalue weighted by molar-refractivity contribution is 8.55. The van der Waals surface area contributed by atoms with Crippen molar-refractivity contribution in [3.8, 4) is 6.07 Å². The van der Waals surface area contributed by atoms with Crippen molar-refractivity contribution >= 4 is 18.5 Å². The summed E-state index contributed by atoms with van der Waals surface area (Å²) in [5.41, 5.74) is 0. The summed E-state index contributed by atoms with van der Waals surface area (Å²) in [5.74, 6) is 1.34. The van der Waals surface area contributed by atoms with Gasteiger partial charge < -0.3 is 0 Å². The van der Waals surface area contributed by atoms with E-state index < -0.39 is 0 Å². The molecule has 1 aliphatic rings. The lowest BCUT2D eigenvalue weighted by molar-refractivity contribution is 0.789. The lowest BCUT2D eigenvalue weighted by Crippen LogP contribution is -1.83. The third-order valence-electron chi connectivity index (χ3n) is 1.80. The van der Waals surface area contributed by atoms with Gasteiger partial charge in [0.05, 0.1) is 6.07 Å². The standard InChI is InChI=1S/C8H14NPS/c9-5-4-7-10-6-2-1-3-8-11-10/h1-4,6-8H2. The van der Waals surface area contributed by atoms with Crippen LogP contribution >= 0.6 is 18.5 Å². The molecule has 1 atom stereocenters. The minimum absolute atomic E-state index is 0.190. The van der Waals surface area contributed by atoms with Crippen LogP contribution in [0.15, 0.2) is 0 Å². The fourth-order valence-corrected chi connectivity index (χ4v) is 5.77. The van der Waals surface area contributed by atoms with Crippen LogP contribution in [0.3, 0.4) is 0 Å². The molecule has 0 saturated carbocycles. The monoisotopic (exact) mass is 187 g/mol. The van der Waals surface area contributed by atoms with E-state index in [2.05, 4.69) is 17.5 Å². The predicted octanol–water partition coefficient (Wildman–Crippen LogP) is 3.21. The van der Waals surface area contributed by atoms with Crippen molar-refractivity contribution in [3.05, 3.63) is 0 Å². The van der Waals surface area contributed by atoms with Crippen molar-refractivity contribution in [2.24, 2.45) is 0 Å². The zero-order chi connectivity index (χ0) is 7.94. The van der Waals surface area contributed by atoms with E-state index in [1.54, 1.807) is 0 Å². The highest BCUT2D eigenvalue weighted by Gasteiger charge is 2.10. The molecule has 11 heavy (non-hydrogen) atoms. The summed E-state index contributed by atoms with van der Waals surface area (Å²) in [6, 6.07) is 2.24. The van der Waals surface area contributed by atoms with Gasteiger partial charge in [0.1, 0.15) is 0 Å². The van der Waals surface area contributed by atoms with Crippen molar-refractivity contribution in [2.75, 3.05) is 18.1 Å². The maximum Gasteiger partial charge on any atom is 0.0625 e. The molecular formula is C8H14NPS. The first-order valence-electron chi connectivity index (χ1n) is 4.18. The summed E-state index contributed by atoms with van der Waals surface area (Å²) >= 11 is 2.14. The Morgan fingerprint density at radius 2 is 2.27 bits per heavy atom. The highest BCUT2D eigenvalue weighted by Crippen LogP contribution is 2.52. The van der Waals surface area contributed by atoms with Gasteiger partial charge in [-0.25, -0.2) is 0 Å². The van der Waals surface area contributed by atoms with Crippen molar-refractivity contribution in [3.63, 3.8) is 0 Å². The van der Waals surface area contributed by atoms with Gasteiger partial charge in [-0.05, 0) is 38.0 Å². The van der Waals surface area contributed by atoms with E-state index in [4.69, 9.17) is 5.26 Å². The molecule has 1 heterocycles. The average molecular weight is 187 g/mol. The van der Waals surface area contributed by atoms with Gasteiger partial charge in [0.2, 0.25) is 0 Å². The average Bonchev–Trinajstić information content (AvgIpc) is 2.28. The second-order valence-electron chi connectivity index (χ2n) is 2.73. The second-order valence-corrected chi connectivity index (χ2v) is 7.58. The molecule has 3 heteroatoms. The molecule has 0 aromatic carbocycles. The van der Waals surface area contributed by atoms with E-state index in [1.165, 1.54) is 37.3 Å². The quantitative estimate of drug-likeness (QED) is 0.620. The molecule has 0 aromatic rings. The van der Waals surface area contributed by atoms with E-state index in [0.29, 0.717) is 0 Å². The van der Waals surface area contributed by atoms with Crippen LogP contribution in [0.25, 0.3) is 0 Å². The van der Waals surface area contributed by atoms with Crippen LogP contribution in [0.2, 0.25) is 0 Å². The lowest BCUT2D eigenvalue weighted by atomic mass is 10.3. The Morgan fingerprint density at radius 1 is 1.36 bits per heavy atom. The van der Waals surface area contributed by atoms with Gasteiger partial charge in [-0.15, -0.1) is 11.4 Å². The molecular weight excluding hydrogens is 173 g/mol. The van der Waals surface area contributed by atoms with Crippen LogP contribution in [0.5, 0.6) is 0 Å². The largest absolute Gasteiger partial charge is 0.198 e.